The first kappa shape index (κ1) is 22.0. The van der Waals surface area contributed by atoms with Gasteiger partial charge < -0.3 is 19.9 Å². The fourth-order valence-electron chi connectivity index (χ4n) is 3.59. The zero-order valence-corrected chi connectivity index (χ0v) is 18.9. The summed E-state index contributed by atoms with van der Waals surface area (Å²) in [5.41, 5.74) is 2.27. The molecule has 0 aliphatic carbocycles. The number of aromatic nitrogens is 2. The van der Waals surface area contributed by atoms with Crippen LogP contribution in [0.3, 0.4) is 0 Å². The van der Waals surface area contributed by atoms with Crippen LogP contribution < -0.4 is 19.9 Å². The monoisotopic (exact) mass is 449 g/mol. The molecule has 1 fully saturated rings. The van der Waals surface area contributed by atoms with Crippen molar-refractivity contribution in [2.75, 3.05) is 48.8 Å². The molecule has 3 aromatic rings. The third-order valence-electron chi connectivity index (χ3n) is 5.34. The highest BCUT2D eigenvalue weighted by molar-refractivity contribution is 8.00. The molecule has 0 saturated carbocycles. The van der Waals surface area contributed by atoms with Crippen LogP contribution in [0.5, 0.6) is 5.75 Å². The molecule has 0 radical (unpaired) electrons. The lowest BCUT2D eigenvalue weighted by Crippen LogP contribution is -2.47. The van der Waals surface area contributed by atoms with Crippen molar-refractivity contribution in [3.63, 3.8) is 0 Å². The largest absolute Gasteiger partial charge is 0.497 e. The lowest BCUT2D eigenvalue weighted by Gasteiger charge is -2.37. The van der Waals surface area contributed by atoms with Gasteiger partial charge in [-0.3, -0.25) is 4.79 Å². The first-order valence-electron chi connectivity index (χ1n) is 10.6. The minimum atomic E-state index is -0.0141. The van der Waals surface area contributed by atoms with E-state index in [-0.39, 0.29) is 5.91 Å². The molecule has 7 nitrogen and oxygen atoms in total. The summed E-state index contributed by atoms with van der Waals surface area (Å²) in [6, 6.07) is 18.1. The number of nitrogens with zero attached hydrogens (tertiary/aromatic N) is 4. The number of anilines is 2. The highest BCUT2D eigenvalue weighted by Gasteiger charge is 2.21. The summed E-state index contributed by atoms with van der Waals surface area (Å²) in [6.07, 6.45) is 3.39. The quantitative estimate of drug-likeness (QED) is 0.530. The summed E-state index contributed by atoms with van der Waals surface area (Å²) in [5.74, 6) is 2.01. The molecule has 1 aliphatic heterocycles. The Hall–Kier alpha value is -3.26. The van der Waals surface area contributed by atoms with Crippen molar-refractivity contribution in [3.05, 3.63) is 72.6 Å². The Morgan fingerprint density at radius 3 is 2.38 bits per heavy atom. The number of nitrogens with one attached hydrogen (secondary N) is 1. The van der Waals surface area contributed by atoms with E-state index in [0.717, 1.165) is 48.3 Å². The SMILES string of the molecule is COc1ccc(N2CCN(c3nccnc3SCC(=O)NCc3ccccc3)CC2)cc1. The van der Waals surface area contributed by atoms with Gasteiger partial charge in [0.1, 0.15) is 10.8 Å². The van der Waals surface area contributed by atoms with Crippen molar-refractivity contribution in [2.24, 2.45) is 0 Å². The standard InChI is InChI=1S/C24H27N5O2S/c1-31-21-9-7-20(8-10-21)28-13-15-29(16-14-28)23-24(26-12-11-25-23)32-18-22(30)27-17-19-5-3-2-4-6-19/h2-12H,13-18H2,1H3,(H,27,30). The maximum absolute atomic E-state index is 12.3. The Balaban J connectivity index is 1.30. The van der Waals surface area contributed by atoms with Crippen LogP contribution in [0.15, 0.2) is 72.0 Å². The van der Waals surface area contributed by atoms with Crippen molar-refractivity contribution in [2.45, 2.75) is 11.6 Å². The summed E-state index contributed by atoms with van der Waals surface area (Å²) in [6.45, 7) is 4.01. The maximum atomic E-state index is 12.3. The molecule has 1 aliphatic rings. The molecule has 1 N–H and O–H groups in total. The lowest BCUT2D eigenvalue weighted by molar-refractivity contribution is -0.118. The smallest absolute Gasteiger partial charge is 0.230 e. The van der Waals surface area contributed by atoms with E-state index in [4.69, 9.17) is 4.74 Å². The number of hydrogen-bond donors (Lipinski definition) is 1. The van der Waals surface area contributed by atoms with Crippen molar-refractivity contribution in [3.8, 4) is 5.75 Å². The molecular weight excluding hydrogens is 422 g/mol. The first-order valence-corrected chi connectivity index (χ1v) is 11.6. The van der Waals surface area contributed by atoms with Gasteiger partial charge in [0, 0.05) is 50.8 Å². The molecule has 2 aromatic carbocycles. The number of benzene rings is 2. The summed E-state index contributed by atoms with van der Waals surface area (Å²) >= 11 is 1.43. The molecule has 1 saturated heterocycles. The molecule has 0 unspecified atom stereocenters. The Labute approximate surface area is 192 Å². The van der Waals surface area contributed by atoms with Gasteiger partial charge in [0.2, 0.25) is 5.91 Å². The van der Waals surface area contributed by atoms with E-state index in [2.05, 4.69) is 37.2 Å². The molecule has 166 valence electrons. The van der Waals surface area contributed by atoms with Gasteiger partial charge in [-0.05, 0) is 29.8 Å². The van der Waals surface area contributed by atoms with Crippen molar-refractivity contribution in [1.82, 2.24) is 15.3 Å². The van der Waals surface area contributed by atoms with Gasteiger partial charge >= 0.3 is 0 Å². The van der Waals surface area contributed by atoms with Gasteiger partial charge in [-0.15, -0.1) is 0 Å². The zero-order valence-electron chi connectivity index (χ0n) is 18.1. The third kappa shape index (κ3) is 5.70. The first-order chi connectivity index (χ1) is 15.7. The summed E-state index contributed by atoms with van der Waals surface area (Å²) < 4.78 is 5.25. The Morgan fingerprint density at radius 1 is 0.969 bits per heavy atom. The predicted molar refractivity (Wildman–Crippen MR) is 128 cm³/mol. The molecule has 0 atom stereocenters. The second-order valence-electron chi connectivity index (χ2n) is 7.41. The highest BCUT2D eigenvalue weighted by Crippen LogP contribution is 2.28. The van der Waals surface area contributed by atoms with E-state index >= 15 is 0 Å². The lowest BCUT2D eigenvalue weighted by atomic mass is 10.2. The second kappa shape index (κ2) is 10.9. The number of amides is 1. The fourth-order valence-corrected chi connectivity index (χ4v) is 4.40. The van der Waals surface area contributed by atoms with Crippen LogP contribution in [0.25, 0.3) is 0 Å². The molecule has 0 bridgehead atoms. The number of thioether (sulfide) groups is 1. The van der Waals surface area contributed by atoms with E-state index in [1.54, 1.807) is 19.5 Å². The fraction of sp³-hybridized carbons (Fsp3) is 0.292. The van der Waals surface area contributed by atoms with Crippen LogP contribution in [-0.4, -0.2) is 54.9 Å². The minimum absolute atomic E-state index is 0.0141. The third-order valence-corrected chi connectivity index (χ3v) is 6.30. The molecule has 1 amide bonds. The molecule has 4 rings (SSSR count). The summed E-state index contributed by atoms with van der Waals surface area (Å²) in [5, 5.41) is 3.76. The van der Waals surface area contributed by atoms with Crippen molar-refractivity contribution < 1.29 is 9.53 Å². The molecule has 32 heavy (non-hydrogen) atoms. The topological polar surface area (TPSA) is 70.6 Å². The minimum Gasteiger partial charge on any atom is -0.497 e. The van der Waals surface area contributed by atoms with Gasteiger partial charge in [0.25, 0.3) is 0 Å². The van der Waals surface area contributed by atoms with Gasteiger partial charge in [0.15, 0.2) is 5.82 Å². The number of carbonyl (C=O) groups is 1. The summed E-state index contributed by atoms with van der Waals surface area (Å²) in [4.78, 5) is 26.0. The van der Waals surface area contributed by atoms with Crippen LogP contribution in [0, 0.1) is 0 Å². The normalized spacial score (nSPS) is 13.7. The van der Waals surface area contributed by atoms with Crippen molar-refractivity contribution in [1.29, 1.82) is 0 Å². The van der Waals surface area contributed by atoms with E-state index in [9.17, 15) is 4.79 Å². The van der Waals surface area contributed by atoms with Gasteiger partial charge in [-0.1, -0.05) is 42.1 Å². The Kier molecular flexibility index (Phi) is 7.45. The Morgan fingerprint density at radius 2 is 1.66 bits per heavy atom. The highest BCUT2D eigenvalue weighted by atomic mass is 32.2. The number of methoxy groups -OCH3 is 1. The average molecular weight is 450 g/mol. The summed E-state index contributed by atoms with van der Waals surface area (Å²) in [7, 11) is 1.68. The van der Waals surface area contributed by atoms with E-state index in [0.29, 0.717) is 12.3 Å². The van der Waals surface area contributed by atoms with Gasteiger partial charge in [0.05, 0.1) is 12.9 Å². The molecule has 1 aromatic heterocycles. The number of piperazine rings is 1. The van der Waals surface area contributed by atoms with Crippen LogP contribution in [0.2, 0.25) is 0 Å². The number of hydrogen-bond acceptors (Lipinski definition) is 7. The van der Waals surface area contributed by atoms with Crippen LogP contribution in [-0.2, 0) is 11.3 Å². The maximum Gasteiger partial charge on any atom is 0.230 e. The number of carbonyl (C=O) groups excluding carboxylic acids is 1. The molecule has 0 spiro atoms. The molecular formula is C24H27N5O2S. The van der Waals surface area contributed by atoms with Gasteiger partial charge in [-0.25, -0.2) is 9.97 Å². The predicted octanol–water partition coefficient (Wildman–Crippen LogP) is 3.22. The molecule has 2 heterocycles. The zero-order chi connectivity index (χ0) is 22.2. The number of rotatable bonds is 8. The van der Waals surface area contributed by atoms with Crippen LogP contribution in [0.4, 0.5) is 11.5 Å². The average Bonchev–Trinajstić information content (AvgIpc) is 2.87. The van der Waals surface area contributed by atoms with Crippen molar-refractivity contribution >= 4 is 29.2 Å². The van der Waals surface area contributed by atoms with Crippen LogP contribution >= 0.6 is 11.8 Å². The van der Waals surface area contributed by atoms with Gasteiger partial charge in [-0.2, -0.15) is 0 Å². The molecule has 8 heteroatoms. The number of ether oxygens (including phenoxy) is 1. The second-order valence-corrected chi connectivity index (χ2v) is 8.37. The van der Waals surface area contributed by atoms with Crippen LogP contribution in [0.1, 0.15) is 5.56 Å². The van der Waals surface area contributed by atoms with E-state index in [1.807, 2.05) is 42.5 Å². The Bertz CT molecular complexity index is 1010. The van der Waals surface area contributed by atoms with E-state index < -0.39 is 0 Å². The van der Waals surface area contributed by atoms with E-state index in [1.165, 1.54) is 17.4 Å².